The summed E-state index contributed by atoms with van der Waals surface area (Å²) in [6.45, 7) is 13.1. The average molecular weight is 278 g/mol. The highest BCUT2D eigenvalue weighted by Crippen LogP contribution is 2.31. The quantitative estimate of drug-likeness (QED) is 0.423. The third-order valence-electron chi connectivity index (χ3n) is 3.22. The minimum atomic E-state index is -4.50. The maximum Gasteiger partial charge on any atom is 0.482 e. The number of hydrogen-bond acceptors (Lipinski definition) is 1. The van der Waals surface area contributed by atoms with Crippen molar-refractivity contribution in [2.75, 3.05) is 7.11 Å². The van der Waals surface area contributed by atoms with Crippen molar-refractivity contribution in [2.24, 2.45) is 11.3 Å². The standard InChI is InChI=1S/C14H23F3NO/c1-8-12(14(15,16)17)18(19-7)9-10(2)11(3)13(4,5)6/h8-9,11H,1H2,2-7H3/q+1. The minimum absolute atomic E-state index is 0.0351. The lowest BCUT2D eigenvalue weighted by Gasteiger charge is -2.26. The number of hydroxylamine groups is 1. The highest BCUT2D eigenvalue weighted by Gasteiger charge is 2.43. The molecule has 0 amide bonds. The summed E-state index contributed by atoms with van der Waals surface area (Å²) in [6.07, 6.45) is -2.39. The van der Waals surface area contributed by atoms with Crippen molar-refractivity contribution in [1.82, 2.24) is 0 Å². The molecule has 2 nitrogen and oxygen atoms in total. The van der Waals surface area contributed by atoms with Crippen molar-refractivity contribution in [3.63, 3.8) is 0 Å². The largest absolute Gasteiger partial charge is 0.482 e. The van der Waals surface area contributed by atoms with E-state index in [1.54, 1.807) is 6.92 Å². The number of halogens is 3. The highest BCUT2D eigenvalue weighted by atomic mass is 19.4. The van der Waals surface area contributed by atoms with Gasteiger partial charge >= 0.3 is 11.9 Å². The Morgan fingerprint density at radius 3 is 2.00 bits per heavy atom. The van der Waals surface area contributed by atoms with E-state index in [9.17, 15) is 13.2 Å². The summed E-state index contributed by atoms with van der Waals surface area (Å²) in [5, 5.41) is 0. The molecule has 0 aliphatic rings. The zero-order valence-corrected chi connectivity index (χ0v) is 12.4. The van der Waals surface area contributed by atoms with Crippen LogP contribution in [0.5, 0.6) is 0 Å². The van der Waals surface area contributed by atoms with Gasteiger partial charge in [0.25, 0.3) is 0 Å². The van der Waals surface area contributed by atoms with E-state index in [-0.39, 0.29) is 11.3 Å². The van der Waals surface area contributed by atoms with Crippen LogP contribution in [0.4, 0.5) is 13.2 Å². The summed E-state index contributed by atoms with van der Waals surface area (Å²) >= 11 is 0. The monoisotopic (exact) mass is 278 g/mol. The van der Waals surface area contributed by atoms with Crippen molar-refractivity contribution < 1.29 is 22.7 Å². The third-order valence-corrected chi connectivity index (χ3v) is 3.22. The molecule has 0 aromatic rings. The first kappa shape index (κ1) is 17.7. The number of hydrogen-bond donors (Lipinski definition) is 0. The van der Waals surface area contributed by atoms with Crippen molar-refractivity contribution in [3.05, 3.63) is 24.4 Å². The maximum atomic E-state index is 12.8. The second kappa shape index (κ2) is 6.26. The van der Waals surface area contributed by atoms with Crippen LogP contribution in [0.15, 0.2) is 24.4 Å². The molecular formula is C14H23F3NO+. The molecule has 0 heterocycles. The molecule has 110 valence electrons. The molecule has 0 N–H and O–H groups in total. The Hall–Kier alpha value is -1.26. The summed E-state index contributed by atoms with van der Waals surface area (Å²) in [6, 6.07) is 0. The first-order chi connectivity index (χ1) is 8.45. The van der Waals surface area contributed by atoms with Crippen LogP contribution < -0.4 is 0 Å². The van der Waals surface area contributed by atoms with Gasteiger partial charge in [0.1, 0.15) is 7.11 Å². The summed E-state index contributed by atoms with van der Waals surface area (Å²) < 4.78 is 39.1. The zero-order chi connectivity index (χ0) is 15.4. The van der Waals surface area contributed by atoms with E-state index in [4.69, 9.17) is 4.84 Å². The fourth-order valence-electron chi connectivity index (χ4n) is 1.53. The van der Waals surface area contributed by atoms with E-state index < -0.39 is 11.9 Å². The fourth-order valence-corrected chi connectivity index (χ4v) is 1.53. The van der Waals surface area contributed by atoms with Gasteiger partial charge in [0.2, 0.25) is 6.20 Å². The van der Waals surface area contributed by atoms with Gasteiger partial charge in [-0.15, -0.1) is 0 Å². The van der Waals surface area contributed by atoms with Gasteiger partial charge in [0.15, 0.2) is 0 Å². The van der Waals surface area contributed by atoms with Crippen molar-refractivity contribution in [1.29, 1.82) is 0 Å². The molecule has 0 saturated heterocycles. The SMILES string of the molecule is C=CC(=[N+](C=C(C)C(C)C(C)(C)C)OC)C(F)(F)F. The summed E-state index contributed by atoms with van der Waals surface area (Å²) in [4.78, 5) is 4.79. The van der Waals surface area contributed by atoms with Crippen LogP contribution in [0.25, 0.3) is 0 Å². The van der Waals surface area contributed by atoms with Gasteiger partial charge in [-0.05, 0) is 23.8 Å². The number of allylic oxidation sites excluding steroid dienone is 2. The molecule has 1 atom stereocenters. The summed E-state index contributed by atoms with van der Waals surface area (Å²) in [5.74, 6) is 0.115. The van der Waals surface area contributed by atoms with Crippen molar-refractivity contribution in [2.45, 2.75) is 40.8 Å². The molecule has 0 rings (SSSR count). The smallest absolute Gasteiger partial charge is 0.274 e. The molecule has 0 saturated carbocycles. The molecule has 1 unspecified atom stereocenters. The van der Waals surface area contributed by atoms with E-state index in [2.05, 4.69) is 6.58 Å². The Balaban J connectivity index is 5.64. The Bertz CT molecular complexity index is 386. The molecule has 0 aliphatic heterocycles. The van der Waals surface area contributed by atoms with E-state index in [1.165, 1.54) is 13.3 Å². The van der Waals surface area contributed by atoms with Crippen LogP contribution in [-0.4, -0.2) is 23.7 Å². The van der Waals surface area contributed by atoms with Gasteiger partial charge in [-0.25, -0.2) is 0 Å². The van der Waals surface area contributed by atoms with Gasteiger partial charge in [-0.3, -0.25) is 4.84 Å². The lowest BCUT2D eigenvalue weighted by Crippen LogP contribution is -2.30. The van der Waals surface area contributed by atoms with Crippen LogP contribution in [0.3, 0.4) is 0 Å². The average Bonchev–Trinajstić information content (AvgIpc) is 2.24. The third kappa shape index (κ3) is 5.09. The summed E-state index contributed by atoms with van der Waals surface area (Å²) in [7, 11) is 1.20. The lowest BCUT2D eigenvalue weighted by molar-refractivity contribution is -0.735. The highest BCUT2D eigenvalue weighted by molar-refractivity contribution is 5.94. The van der Waals surface area contributed by atoms with Gasteiger partial charge in [-0.2, -0.15) is 13.2 Å². The predicted molar refractivity (Wildman–Crippen MR) is 70.9 cm³/mol. The minimum Gasteiger partial charge on any atom is -0.274 e. The van der Waals surface area contributed by atoms with E-state index >= 15 is 0 Å². The first-order valence-electron chi connectivity index (χ1n) is 6.03. The van der Waals surface area contributed by atoms with E-state index in [1.807, 2.05) is 27.7 Å². The molecule has 0 aliphatic carbocycles. The lowest BCUT2D eigenvalue weighted by atomic mass is 9.78. The fraction of sp³-hybridized carbons (Fsp3) is 0.643. The molecule has 19 heavy (non-hydrogen) atoms. The maximum absolute atomic E-state index is 12.8. The second-order valence-electron chi connectivity index (χ2n) is 5.56. The summed E-state index contributed by atoms with van der Waals surface area (Å²) in [5.41, 5.74) is -0.166. The molecule has 0 aromatic carbocycles. The van der Waals surface area contributed by atoms with Crippen molar-refractivity contribution in [3.8, 4) is 0 Å². The molecule has 0 spiro atoms. The van der Waals surface area contributed by atoms with E-state index in [0.717, 1.165) is 11.6 Å². The molecule has 0 radical (unpaired) electrons. The second-order valence-corrected chi connectivity index (χ2v) is 5.56. The topological polar surface area (TPSA) is 12.2 Å². The molecule has 0 bridgehead atoms. The van der Waals surface area contributed by atoms with Crippen LogP contribution in [0.2, 0.25) is 0 Å². The number of alkyl halides is 3. The first-order valence-corrected chi connectivity index (χ1v) is 6.03. The van der Waals surface area contributed by atoms with Gasteiger partial charge in [0, 0.05) is 10.8 Å². The van der Waals surface area contributed by atoms with E-state index in [0.29, 0.717) is 4.74 Å². The van der Waals surface area contributed by atoms with Crippen LogP contribution in [0.1, 0.15) is 34.6 Å². The normalized spacial score (nSPS) is 16.8. The predicted octanol–water partition coefficient (Wildman–Crippen LogP) is 4.34. The Morgan fingerprint density at radius 2 is 1.74 bits per heavy atom. The Labute approximate surface area is 113 Å². The van der Waals surface area contributed by atoms with Crippen molar-refractivity contribution >= 4 is 5.71 Å². The molecule has 5 heteroatoms. The van der Waals surface area contributed by atoms with Gasteiger partial charge in [0.05, 0.1) is 0 Å². The van der Waals surface area contributed by atoms with Gasteiger partial charge < -0.3 is 0 Å². The van der Waals surface area contributed by atoms with Crippen LogP contribution >= 0.6 is 0 Å². The molecular weight excluding hydrogens is 255 g/mol. The van der Waals surface area contributed by atoms with Crippen LogP contribution in [-0.2, 0) is 4.84 Å². The van der Waals surface area contributed by atoms with Crippen LogP contribution in [0, 0.1) is 11.3 Å². The Morgan fingerprint density at radius 1 is 1.26 bits per heavy atom. The Kier molecular flexibility index (Phi) is 5.84. The number of rotatable bonds is 4. The molecule has 0 fully saturated rings. The molecule has 0 aromatic heterocycles. The number of nitrogens with zero attached hydrogens (tertiary/aromatic N) is 1. The zero-order valence-electron chi connectivity index (χ0n) is 12.4. The van der Waals surface area contributed by atoms with Gasteiger partial charge in [-0.1, -0.05) is 34.3 Å².